The van der Waals surface area contributed by atoms with Gasteiger partial charge in [0, 0.05) is 24.6 Å². The van der Waals surface area contributed by atoms with Gasteiger partial charge < -0.3 is 25.0 Å². The van der Waals surface area contributed by atoms with Crippen molar-refractivity contribution in [3.63, 3.8) is 0 Å². The number of aryl methyl sites for hydroxylation is 2. The fraction of sp³-hybridized carbons (Fsp3) is 0.579. The molecule has 0 saturated carbocycles. The first-order valence-electron chi connectivity index (χ1n) is 10.0. The first-order chi connectivity index (χ1) is 14.4. The fourth-order valence-corrected chi connectivity index (χ4v) is 4.78. The van der Waals surface area contributed by atoms with Gasteiger partial charge >= 0.3 is 5.97 Å². The molecule has 2 aromatic rings. The van der Waals surface area contributed by atoms with E-state index < -0.39 is 5.97 Å². The molecule has 30 heavy (non-hydrogen) atoms. The molecule has 0 unspecified atom stereocenters. The molecule has 1 saturated heterocycles. The van der Waals surface area contributed by atoms with Crippen molar-refractivity contribution in [2.45, 2.75) is 52.2 Å². The average molecular weight is 456 g/mol. The Morgan fingerprint density at radius 3 is 2.67 bits per heavy atom. The van der Waals surface area contributed by atoms with Crippen LogP contribution in [0.15, 0.2) is 0 Å². The van der Waals surface area contributed by atoms with Gasteiger partial charge in [-0.05, 0) is 26.2 Å². The molecule has 1 aliphatic rings. The topological polar surface area (TPSA) is 120 Å². The third kappa shape index (κ3) is 4.76. The van der Waals surface area contributed by atoms with Crippen LogP contribution in [0.1, 0.15) is 58.9 Å². The van der Waals surface area contributed by atoms with Crippen LogP contribution in [0.2, 0.25) is 5.15 Å². The number of nitrogens with zero attached hydrogens (tertiary/aromatic N) is 3. The van der Waals surface area contributed by atoms with Gasteiger partial charge in [0.05, 0.1) is 17.8 Å². The van der Waals surface area contributed by atoms with Crippen molar-refractivity contribution in [2.24, 2.45) is 0 Å². The summed E-state index contributed by atoms with van der Waals surface area (Å²) in [6.07, 6.45) is 1.65. The maximum atomic E-state index is 12.6. The van der Waals surface area contributed by atoms with E-state index in [0.29, 0.717) is 49.2 Å². The standard InChI is InChI=1S/C19H26ClN5O4S/c1-4-10-15(20)24-16(21-10)17(26)22-11-7-8-25(9-12(11)29-6-3)19-23-14(18(27)28)13(5-2)30-19/h11-12H,4-9H2,1-3H3,(H,21,24)(H,22,26)(H,27,28)/t11-,12+/m1/s1. The lowest BCUT2D eigenvalue weighted by Crippen LogP contribution is -2.55. The molecule has 164 valence electrons. The maximum Gasteiger partial charge on any atom is 0.355 e. The largest absolute Gasteiger partial charge is 0.476 e. The van der Waals surface area contributed by atoms with Gasteiger partial charge in [0.1, 0.15) is 0 Å². The number of piperidine rings is 1. The van der Waals surface area contributed by atoms with Crippen molar-refractivity contribution in [3.8, 4) is 0 Å². The van der Waals surface area contributed by atoms with Gasteiger partial charge in [-0.2, -0.15) is 0 Å². The normalized spacial score (nSPS) is 19.1. The predicted molar refractivity (Wildman–Crippen MR) is 115 cm³/mol. The van der Waals surface area contributed by atoms with Crippen LogP contribution in [0.4, 0.5) is 5.13 Å². The highest BCUT2D eigenvalue weighted by molar-refractivity contribution is 7.15. The molecule has 1 fully saturated rings. The van der Waals surface area contributed by atoms with Gasteiger partial charge in [0.2, 0.25) is 0 Å². The Morgan fingerprint density at radius 1 is 1.33 bits per heavy atom. The molecule has 0 bridgehead atoms. The van der Waals surface area contributed by atoms with E-state index in [1.54, 1.807) is 0 Å². The molecule has 9 nitrogen and oxygen atoms in total. The number of amides is 1. The number of halogens is 1. The van der Waals surface area contributed by atoms with Crippen LogP contribution in [0.3, 0.4) is 0 Å². The van der Waals surface area contributed by atoms with Gasteiger partial charge in [-0.3, -0.25) is 4.79 Å². The van der Waals surface area contributed by atoms with E-state index in [-0.39, 0.29) is 29.6 Å². The monoisotopic (exact) mass is 455 g/mol. The van der Waals surface area contributed by atoms with E-state index in [1.807, 2.05) is 25.7 Å². The summed E-state index contributed by atoms with van der Waals surface area (Å²) in [7, 11) is 0. The van der Waals surface area contributed by atoms with Crippen molar-refractivity contribution >= 4 is 39.9 Å². The Labute approximate surface area is 183 Å². The van der Waals surface area contributed by atoms with Crippen LogP contribution < -0.4 is 10.2 Å². The first kappa shape index (κ1) is 22.5. The van der Waals surface area contributed by atoms with E-state index in [2.05, 4.69) is 20.3 Å². The molecule has 0 spiro atoms. The molecular weight excluding hydrogens is 430 g/mol. The molecule has 3 N–H and O–H groups in total. The SMILES string of the molecule is CCO[C@H]1CN(c2nc(C(=O)O)c(CC)s2)CC[C@H]1NC(=O)c1nc(Cl)c(CC)[nH]1. The molecule has 1 aliphatic heterocycles. The number of hydrogen-bond acceptors (Lipinski definition) is 7. The average Bonchev–Trinajstić information content (AvgIpc) is 3.33. The molecule has 2 atom stereocenters. The highest BCUT2D eigenvalue weighted by Crippen LogP contribution is 2.30. The van der Waals surface area contributed by atoms with Crippen LogP contribution >= 0.6 is 22.9 Å². The lowest BCUT2D eigenvalue weighted by molar-refractivity contribution is 0.0271. The number of carboxylic acids is 1. The quantitative estimate of drug-likeness (QED) is 0.559. The van der Waals surface area contributed by atoms with Crippen molar-refractivity contribution in [3.05, 3.63) is 27.2 Å². The van der Waals surface area contributed by atoms with Gasteiger partial charge in [-0.1, -0.05) is 25.4 Å². The second kappa shape index (κ2) is 9.76. The summed E-state index contributed by atoms with van der Waals surface area (Å²) in [5.41, 5.74) is 0.838. The third-order valence-corrected chi connectivity index (χ3v) is 6.61. The lowest BCUT2D eigenvalue weighted by Gasteiger charge is -2.38. The van der Waals surface area contributed by atoms with Crippen LogP contribution in [-0.4, -0.2) is 63.8 Å². The number of imidazole rings is 1. The summed E-state index contributed by atoms with van der Waals surface area (Å²) in [6, 6.07) is -0.202. The minimum atomic E-state index is -1.01. The predicted octanol–water partition coefficient (Wildman–Crippen LogP) is 2.76. The Hall–Kier alpha value is -2.17. The number of thiazole rings is 1. The summed E-state index contributed by atoms with van der Waals surface area (Å²) in [4.78, 5) is 38.2. The van der Waals surface area contributed by atoms with E-state index in [4.69, 9.17) is 16.3 Å². The summed E-state index contributed by atoms with van der Waals surface area (Å²) in [5, 5.41) is 13.3. The lowest BCUT2D eigenvalue weighted by atomic mass is 10.0. The number of carboxylic acid groups (broad SMARTS) is 1. The van der Waals surface area contributed by atoms with E-state index >= 15 is 0 Å². The Bertz CT molecular complexity index is 915. The highest BCUT2D eigenvalue weighted by atomic mass is 35.5. The van der Waals surface area contributed by atoms with Crippen molar-refractivity contribution < 1.29 is 19.4 Å². The Balaban J connectivity index is 1.72. The number of aromatic nitrogens is 3. The number of aromatic carboxylic acids is 1. The molecule has 1 amide bonds. The molecule has 0 radical (unpaired) electrons. The molecule has 11 heteroatoms. The smallest absolute Gasteiger partial charge is 0.355 e. The van der Waals surface area contributed by atoms with Crippen LogP contribution in [0.5, 0.6) is 0 Å². The molecule has 3 rings (SSSR count). The van der Waals surface area contributed by atoms with E-state index in [0.717, 1.165) is 10.6 Å². The second-order valence-electron chi connectivity index (χ2n) is 6.94. The zero-order valence-corrected chi connectivity index (χ0v) is 18.8. The molecule has 2 aromatic heterocycles. The van der Waals surface area contributed by atoms with E-state index in [9.17, 15) is 14.7 Å². The summed E-state index contributed by atoms with van der Waals surface area (Å²) < 4.78 is 5.89. The number of carbonyl (C=O) groups is 2. The van der Waals surface area contributed by atoms with Crippen LogP contribution in [0.25, 0.3) is 0 Å². The Morgan fingerprint density at radius 2 is 2.10 bits per heavy atom. The Kier molecular flexibility index (Phi) is 7.32. The molecular formula is C19H26ClN5O4S. The number of rotatable bonds is 8. The minimum Gasteiger partial charge on any atom is -0.476 e. The molecule has 0 aromatic carbocycles. The minimum absolute atomic E-state index is 0.113. The summed E-state index contributed by atoms with van der Waals surface area (Å²) in [5.74, 6) is -1.15. The van der Waals surface area contributed by atoms with Gasteiger partial charge in [0.25, 0.3) is 5.91 Å². The summed E-state index contributed by atoms with van der Waals surface area (Å²) in [6.45, 7) is 7.38. The summed E-state index contributed by atoms with van der Waals surface area (Å²) >= 11 is 7.44. The third-order valence-electron chi connectivity index (χ3n) is 5.03. The van der Waals surface area contributed by atoms with Crippen molar-refractivity contribution in [2.75, 3.05) is 24.6 Å². The van der Waals surface area contributed by atoms with Crippen molar-refractivity contribution in [1.29, 1.82) is 0 Å². The molecule has 3 heterocycles. The fourth-order valence-electron chi connectivity index (χ4n) is 3.49. The number of carbonyl (C=O) groups excluding carboxylic acids is 1. The van der Waals surface area contributed by atoms with Gasteiger partial charge in [-0.25, -0.2) is 14.8 Å². The number of anilines is 1. The zero-order valence-electron chi connectivity index (χ0n) is 17.2. The van der Waals surface area contributed by atoms with E-state index in [1.165, 1.54) is 11.3 Å². The molecule has 0 aliphatic carbocycles. The van der Waals surface area contributed by atoms with Gasteiger partial charge in [0.15, 0.2) is 21.8 Å². The number of nitrogens with one attached hydrogen (secondary N) is 2. The maximum absolute atomic E-state index is 12.6. The van der Waals surface area contributed by atoms with Crippen LogP contribution in [-0.2, 0) is 17.6 Å². The highest BCUT2D eigenvalue weighted by Gasteiger charge is 2.33. The number of hydrogen-bond donors (Lipinski definition) is 3. The number of ether oxygens (including phenoxy) is 1. The first-order valence-corrected chi connectivity index (χ1v) is 11.2. The van der Waals surface area contributed by atoms with Crippen LogP contribution in [0, 0.1) is 0 Å². The zero-order chi connectivity index (χ0) is 21.8. The van der Waals surface area contributed by atoms with Crippen molar-refractivity contribution in [1.82, 2.24) is 20.3 Å². The number of aromatic amines is 1. The second-order valence-corrected chi connectivity index (χ2v) is 8.36. The number of H-pyrrole nitrogens is 1. The van der Waals surface area contributed by atoms with Gasteiger partial charge in [-0.15, -0.1) is 11.3 Å².